The Bertz CT molecular complexity index is 999. The number of carbonyl (C=O) groups is 2. The average Bonchev–Trinajstić information content (AvgIpc) is 2.67. The number of ketones is 1. The lowest BCUT2D eigenvalue weighted by atomic mass is 9.97. The number of carbonyl (C=O) groups excluding carboxylic acids is 1. The van der Waals surface area contributed by atoms with Gasteiger partial charge in [0.2, 0.25) is 0 Å². The minimum Gasteiger partial charge on any atom is -0.478 e. The molecule has 0 aliphatic carbocycles. The number of carboxylic acids is 1. The van der Waals surface area contributed by atoms with Crippen molar-refractivity contribution in [3.05, 3.63) is 88.4 Å². The molecular weight excluding hydrogens is 364 g/mol. The second-order valence-corrected chi connectivity index (χ2v) is 6.46. The Kier molecular flexibility index (Phi) is 5.14. The normalized spacial score (nSPS) is 10.4. The maximum absolute atomic E-state index is 12.7. The smallest absolute Gasteiger partial charge is 0.336 e. The van der Waals surface area contributed by atoms with Crippen LogP contribution >= 0.6 is 11.6 Å². The number of benzene rings is 3. The van der Waals surface area contributed by atoms with Crippen LogP contribution in [-0.2, 0) is 0 Å². The second-order valence-electron chi connectivity index (χ2n) is 6.02. The van der Waals surface area contributed by atoms with Crippen molar-refractivity contribution in [2.45, 2.75) is 0 Å². The molecule has 136 valence electrons. The van der Waals surface area contributed by atoms with Crippen LogP contribution in [0, 0.1) is 0 Å². The van der Waals surface area contributed by atoms with Gasteiger partial charge in [0, 0.05) is 40.3 Å². The zero-order valence-electron chi connectivity index (χ0n) is 14.5. The van der Waals surface area contributed by atoms with Gasteiger partial charge < -0.3 is 15.7 Å². The molecule has 0 aliphatic heterocycles. The quantitative estimate of drug-likeness (QED) is 0.498. The molecule has 0 fully saturated rings. The summed E-state index contributed by atoms with van der Waals surface area (Å²) in [6, 6.07) is 18.3. The van der Waals surface area contributed by atoms with E-state index in [2.05, 4.69) is 0 Å². The molecule has 3 N–H and O–H groups in total. The number of nitrogens with zero attached hydrogens (tertiary/aromatic N) is 1. The molecule has 3 aromatic carbocycles. The Morgan fingerprint density at radius 3 is 2.07 bits per heavy atom. The fourth-order valence-electron chi connectivity index (χ4n) is 2.72. The predicted octanol–water partition coefficient (Wildman–Crippen LogP) is 4.62. The van der Waals surface area contributed by atoms with Crippen molar-refractivity contribution >= 4 is 40.4 Å². The van der Waals surface area contributed by atoms with Crippen molar-refractivity contribution in [2.24, 2.45) is 0 Å². The van der Waals surface area contributed by atoms with Crippen LogP contribution in [0.2, 0.25) is 5.02 Å². The maximum Gasteiger partial charge on any atom is 0.336 e. The minimum absolute atomic E-state index is 0.0601. The van der Waals surface area contributed by atoms with Gasteiger partial charge in [-0.1, -0.05) is 11.6 Å². The lowest BCUT2D eigenvalue weighted by Crippen LogP contribution is -2.14. The Morgan fingerprint density at radius 1 is 0.889 bits per heavy atom. The average molecular weight is 381 g/mol. The summed E-state index contributed by atoms with van der Waals surface area (Å²) in [6.45, 7) is 0. The van der Waals surface area contributed by atoms with Gasteiger partial charge >= 0.3 is 5.97 Å². The molecule has 0 bridgehead atoms. The van der Waals surface area contributed by atoms with Gasteiger partial charge in [0.05, 0.1) is 5.56 Å². The van der Waals surface area contributed by atoms with Gasteiger partial charge in [-0.15, -0.1) is 0 Å². The third kappa shape index (κ3) is 3.93. The maximum atomic E-state index is 12.7. The van der Waals surface area contributed by atoms with E-state index in [1.165, 1.54) is 12.1 Å². The van der Waals surface area contributed by atoms with Crippen molar-refractivity contribution in [3.8, 4) is 0 Å². The minimum atomic E-state index is -1.17. The van der Waals surface area contributed by atoms with E-state index in [0.717, 1.165) is 5.69 Å². The van der Waals surface area contributed by atoms with Crippen LogP contribution < -0.4 is 10.6 Å². The zero-order valence-corrected chi connectivity index (χ0v) is 15.3. The van der Waals surface area contributed by atoms with Crippen LogP contribution in [-0.4, -0.2) is 23.9 Å². The molecule has 27 heavy (non-hydrogen) atoms. The van der Waals surface area contributed by atoms with Crippen molar-refractivity contribution in [1.29, 1.82) is 0 Å². The highest BCUT2D eigenvalue weighted by Gasteiger charge is 2.19. The number of nitrogen functional groups attached to an aromatic ring is 1. The molecule has 3 rings (SSSR count). The number of nitrogens with two attached hydrogens (primary N) is 1. The lowest BCUT2D eigenvalue weighted by Gasteiger charge is -2.20. The highest BCUT2D eigenvalue weighted by Crippen LogP contribution is 2.28. The molecule has 0 unspecified atom stereocenters. The molecule has 6 heteroatoms. The fraction of sp³-hybridized carbons (Fsp3) is 0.0476. The number of halogens is 1. The third-order valence-electron chi connectivity index (χ3n) is 4.25. The van der Waals surface area contributed by atoms with Gasteiger partial charge in [0.25, 0.3) is 0 Å². The molecule has 0 amide bonds. The zero-order chi connectivity index (χ0) is 19.6. The predicted molar refractivity (Wildman–Crippen MR) is 107 cm³/mol. The number of carboxylic acid groups (broad SMARTS) is 1. The van der Waals surface area contributed by atoms with Crippen LogP contribution in [0.15, 0.2) is 66.7 Å². The van der Waals surface area contributed by atoms with E-state index in [0.29, 0.717) is 22.0 Å². The highest BCUT2D eigenvalue weighted by molar-refractivity contribution is 6.30. The van der Waals surface area contributed by atoms with Gasteiger partial charge in [0.15, 0.2) is 5.78 Å². The number of aromatic carboxylic acids is 1. The largest absolute Gasteiger partial charge is 0.478 e. The van der Waals surface area contributed by atoms with Gasteiger partial charge in [-0.05, 0) is 66.7 Å². The third-order valence-corrected chi connectivity index (χ3v) is 4.50. The van der Waals surface area contributed by atoms with E-state index in [-0.39, 0.29) is 16.9 Å². The summed E-state index contributed by atoms with van der Waals surface area (Å²) in [5.41, 5.74) is 8.10. The first-order valence-corrected chi connectivity index (χ1v) is 8.51. The van der Waals surface area contributed by atoms with E-state index >= 15 is 0 Å². The summed E-state index contributed by atoms with van der Waals surface area (Å²) in [4.78, 5) is 26.3. The Morgan fingerprint density at radius 2 is 1.48 bits per heavy atom. The molecule has 5 nitrogen and oxygen atoms in total. The first kappa shape index (κ1) is 18.5. The van der Waals surface area contributed by atoms with Gasteiger partial charge in [-0.25, -0.2) is 4.79 Å². The van der Waals surface area contributed by atoms with E-state index in [4.69, 9.17) is 17.3 Å². The Labute approximate surface area is 161 Å². The number of hydrogen-bond donors (Lipinski definition) is 2. The molecule has 0 radical (unpaired) electrons. The summed E-state index contributed by atoms with van der Waals surface area (Å²) in [5, 5.41) is 10.2. The van der Waals surface area contributed by atoms with Crippen LogP contribution in [0.1, 0.15) is 26.3 Å². The van der Waals surface area contributed by atoms with Crippen LogP contribution in [0.4, 0.5) is 17.1 Å². The summed E-state index contributed by atoms with van der Waals surface area (Å²) < 4.78 is 0. The van der Waals surface area contributed by atoms with E-state index < -0.39 is 5.97 Å². The molecule has 0 aliphatic rings. The standard InChI is InChI=1S/C21H17ClN2O3/c1-24(16-8-4-14(22)5-9-16)17-10-11-18(19(12-17)21(26)27)20(25)13-2-6-15(23)7-3-13/h2-12H,23H2,1H3,(H,26,27). The fourth-order valence-corrected chi connectivity index (χ4v) is 2.85. The highest BCUT2D eigenvalue weighted by atomic mass is 35.5. The molecule has 0 aromatic heterocycles. The van der Waals surface area contributed by atoms with Gasteiger partial charge in [-0.2, -0.15) is 0 Å². The van der Waals surface area contributed by atoms with Gasteiger partial charge in [-0.3, -0.25) is 4.79 Å². The topological polar surface area (TPSA) is 83.6 Å². The van der Waals surface area contributed by atoms with Crippen molar-refractivity contribution in [3.63, 3.8) is 0 Å². The van der Waals surface area contributed by atoms with E-state index in [9.17, 15) is 14.7 Å². The SMILES string of the molecule is CN(c1ccc(Cl)cc1)c1ccc(C(=O)c2ccc(N)cc2)c(C(=O)O)c1. The number of hydrogen-bond acceptors (Lipinski definition) is 4. The van der Waals surface area contributed by atoms with Crippen molar-refractivity contribution < 1.29 is 14.7 Å². The molecule has 0 heterocycles. The van der Waals surface area contributed by atoms with E-state index in [1.54, 1.807) is 42.5 Å². The Hall–Kier alpha value is -3.31. The first-order valence-electron chi connectivity index (χ1n) is 8.13. The summed E-state index contributed by atoms with van der Waals surface area (Å²) >= 11 is 5.91. The lowest BCUT2D eigenvalue weighted by molar-refractivity contribution is 0.0693. The molecule has 0 saturated heterocycles. The summed E-state index contributed by atoms with van der Waals surface area (Å²) in [6.07, 6.45) is 0. The van der Waals surface area contributed by atoms with Gasteiger partial charge in [0.1, 0.15) is 0 Å². The first-order chi connectivity index (χ1) is 12.9. The van der Waals surface area contributed by atoms with Crippen LogP contribution in [0.5, 0.6) is 0 Å². The van der Waals surface area contributed by atoms with Crippen molar-refractivity contribution in [2.75, 3.05) is 17.7 Å². The summed E-state index contributed by atoms with van der Waals surface area (Å²) in [7, 11) is 1.81. The van der Waals surface area contributed by atoms with Crippen LogP contribution in [0.3, 0.4) is 0 Å². The molecule has 3 aromatic rings. The molecule has 0 saturated carbocycles. The summed E-state index contributed by atoms with van der Waals surface area (Å²) in [5.74, 6) is -1.53. The Balaban J connectivity index is 2.00. The number of rotatable bonds is 5. The molecule has 0 atom stereocenters. The van der Waals surface area contributed by atoms with Crippen LogP contribution in [0.25, 0.3) is 0 Å². The number of anilines is 3. The van der Waals surface area contributed by atoms with Crippen molar-refractivity contribution in [1.82, 2.24) is 0 Å². The second kappa shape index (κ2) is 7.51. The molecular formula is C21H17ClN2O3. The molecule has 0 spiro atoms. The van der Waals surface area contributed by atoms with E-state index in [1.807, 2.05) is 24.1 Å². The monoisotopic (exact) mass is 380 g/mol.